The Bertz CT molecular complexity index is 913. The summed E-state index contributed by atoms with van der Waals surface area (Å²) in [5.74, 6) is -11.5. The molecule has 0 aromatic rings. The summed E-state index contributed by atoms with van der Waals surface area (Å²) in [6.07, 6.45) is 0. The first kappa shape index (κ1) is 35.6. The smallest absolute Gasteiger partial charge is 0.392 e. The Morgan fingerprint density at radius 1 is 0.564 bits per heavy atom. The highest BCUT2D eigenvalue weighted by molar-refractivity contribution is 5.89. The van der Waals surface area contributed by atoms with Crippen molar-refractivity contribution in [3.8, 4) is 0 Å². The van der Waals surface area contributed by atoms with Gasteiger partial charge in [0.25, 0.3) is 0 Å². The quantitative estimate of drug-likeness (QED) is 0.0562. The third-order valence-corrected chi connectivity index (χ3v) is 4.83. The van der Waals surface area contributed by atoms with Crippen LogP contribution in [0.25, 0.3) is 0 Å². The van der Waals surface area contributed by atoms with Gasteiger partial charge in [0.1, 0.15) is 13.2 Å². The second-order valence-corrected chi connectivity index (χ2v) is 8.43. The Morgan fingerprint density at radius 2 is 0.872 bits per heavy atom. The van der Waals surface area contributed by atoms with Gasteiger partial charge in [0, 0.05) is 22.3 Å². The zero-order valence-electron chi connectivity index (χ0n) is 22.4. The Kier molecular flexibility index (Phi) is 13.9. The lowest BCUT2D eigenvalue weighted by Gasteiger charge is -2.49. The fourth-order valence-corrected chi connectivity index (χ4v) is 2.48. The Labute approximate surface area is 225 Å². The number of aliphatic hydroxyl groups excluding tert-OH is 2. The monoisotopic (exact) mass is 560 g/mol. The maximum Gasteiger partial charge on any atom is 0.392 e. The van der Waals surface area contributed by atoms with Crippen molar-refractivity contribution in [3.05, 3.63) is 48.6 Å². The number of esters is 4. The third kappa shape index (κ3) is 9.38. The van der Waals surface area contributed by atoms with Crippen LogP contribution >= 0.6 is 0 Å². The lowest BCUT2D eigenvalue weighted by Crippen LogP contribution is -2.71. The average molecular weight is 561 g/mol. The number of carbonyl (C=O) groups is 4. The number of hydrogen-bond donors (Lipinski definition) is 4. The lowest BCUT2D eigenvalue weighted by atomic mass is 9.82. The van der Waals surface area contributed by atoms with Crippen molar-refractivity contribution in [1.29, 1.82) is 0 Å². The van der Waals surface area contributed by atoms with Gasteiger partial charge in [-0.05, 0) is 27.7 Å². The van der Waals surface area contributed by atoms with Crippen molar-refractivity contribution >= 4 is 23.9 Å². The van der Waals surface area contributed by atoms with Crippen molar-refractivity contribution < 1.29 is 68.0 Å². The van der Waals surface area contributed by atoms with Crippen LogP contribution in [-0.2, 0) is 47.6 Å². The zero-order chi connectivity index (χ0) is 30.6. The van der Waals surface area contributed by atoms with Crippen LogP contribution in [0, 0.1) is 5.41 Å². The molecule has 0 aliphatic heterocycles. The summed E-state index contributed by atoms with van der Waals surface area (Å²) in [5, 5.41) is 43.4. The van der Waals surface area contributed by atoms with E-state index in [0.717, 1.165) is 13.8 Å². The summed E-state index contributed by atoms with van der Waals surface area (Å²) in [5.41, 5.74) is -3.70. The first-order chi connectivity index (χ1) is 17.9. The summed E-state index contributed by atoms with van der Waals surface area (Å²) < 4.78 is 29.9. The molecule has 0 unspecified atom stereocenters. The normalized spacial score (nSPS) is 11.7. The topological polar surface area (TPSA) is 205 Å². The first-order valence-electron chi connectivity index (χ1n) is 11.3. The van der Waals surface area contributed by atoms with Gasteiger partial charge in [-0.2, -0.15) is 0 Å². The van der Waals surface area contributed by atoms with Gasteiger partial charge in [-0.25, -0.2) is 19.2 Å². The van der Waals surface area contributed by atoms with Gasteiger partial charge in [0.2, 0.25) is 5.41 Å². The van der Waals surface area contributed by atoms with E-state index in [1.54, 1.807) is 0 Å². The summed E-state index contributed by atoms with van der Waals surface area (Å²) in [7, 11) is 0. The number of rotatable bonds is 18. The summed E-state index contributed by atoms with van der Waals surface area (Å²) in [6.45, 7) is 12.9. The van der Waals surface area contributed by atoms with Crippen molar-refractivity contribution in [2.24, 2.45) is 5.41 Å². The molecule has 0 spiro atoms. The van der Waals surface area contributed by atoms with Gasteiger partial charge >= 0.3 is 35.8 Å². The van der Waals surface area contributed by atoms with Crippen LogP contribution in [-0.4, -0.2) is 95.9 Å². The molecule has 0 aliphatic rings. The molecule has 0 aromatic heterocycles. The molecule has 0 saturated heterocycles. The van der Waals surface area contributed by atoms with Crippen LogP contribution in [0.15, 0.2) is 48.6 Å². The molecule has 0 heterocycles. The molecule has 14 nitrogen and oxygen atoms in total. The summed E-state index contributed by atoms with van der Waals surface area (Å²) >= 11 is 0. The molecular weight excluding hydrogens is 524 g/mol. The van der Waals surface area contributed by atoms with Crippen molar-refractivity contribution in [2.75, 3.05) is 39.6 Å². The van der Waals surface area contributed by atoms with E-state index in [9.17, 15) is 39.6 Å². The van der Waals surface area contributed by atoms with Gasteiger partial charge in [-0.15, -0.1) is 0 Å². The molecule has 0 atom stereocenters. The molecule has 14 heteroatoms. The van der Waals surface area contributed by atoms with Crippen molar-refractivity contribution in [1.82, 2.24) is 0 Å². The standard InChI is InChI=1S/C25H36O14/c1-15(2)19(28)34-9-11-36-24(32,37-12-10-35-20(29)16(3)4)23(13-26,14-27)25(33,38-21(30)17(5)6)39-22(31)18(7)8/h26-27,32-33H,1,3,5,7,9-14H2,2,4,6,8H3. The molecule has 0 fully saturated rings. The van der Waals surface area contributed by atoms with Crippen LogP contribution < -0.4 is 0 Å². The lowest BCUT2D eigenvalue weighted by molar-refractivity contribution is -0.503. The van der Waals surface area contributed by atoms with E-state index < -0.39 is 80.9 Å². The molecule has 4 N–H and O–H groups in total. The highest BCUT2D eigenvalue weighted by atomic mass is 16.9. The second-order valence-electron chi connectivity index (χ2n) is 8.43. The van der Waals surface area contributed by atoms with Crippen LogP contribution in [0.1, 0.15) is 27.7 Å². The van der Waals surface area contributed by atoms with E-state index in [-0.39, 0.29) is 22.3 Å². The predicted molar refractivity (Wildman–Crippen MR) is 132 cm³/mol. The molecule has 0 rings (SSSR count). The Morgan fingerprint density at radius 3 is 1.13 bits per heavy atom. The van der Waals surface area contributed by atoms with Gasteiger partial charge in [-0.3, -0.25) is 0 Å². The average Bonchev–Trinajstić information content (AvgIpc) is 2.84. The second kappa shape index (κ2) is 15.3. The van der Waals surface area contributed by atoms with E-state index in [1.807, 2.05) is 0 Å². The number of hydrogen-bond acceptors (Lipinski definition) is 14. The molecule has 0 radical (unpaired) electrons. The van der Waals surface area contributed by atoms with Crippen LogP contribution in [0.2, 0.25) is 0 Å². The maximum atomic E-state index is 12.4. The molecule has 0 saturated carbocycles. The van der Waals surface area contributed by atoms with Gasteiger partial charge in [0.05, 0.1) is 26.4 Å². The van der Waals surface area contributed by atoms with E-state index in [4.69, 9.17) is 28.4 Å². The van der Waals surface area contributed by atoms with Gasteiger partial charge in [-0.1, -0.05) is 26.3 Å². The van der Waals surface area contributed by atoms with Gasteiger partial charge < -0.3 is 48.8 Å². The van der Waals surface area contributed by atoms with Gasteiger partial charge in [0.15, 0.2) is 0 Å². The molecule has 0 aromatic carbocycles. The molecule has 39 heavy (non-hydrogen) atoms. The summed E-state index contributed by atoms with van der Waals surface area (Å²) in [6, 6.07) is 0. The van der Waals surface area contributed by atoms with Crippen LogP contribution in [0.3, 0.4) is 0 Å². The van der Waals surface area contributed by atoms with E-state index in [0.29, 0.717) is 0 Å². The van der Waals surface area contributed by atoms with Crippen LogP contribution in [0.4, 0.5) is 0 Å². The Balaban J connectivity index is 6.59. The number of ether oxygens (including phenoxy) is 6. The van der Waals surface area contributed by atoms with Crippen LogP contribution in [0.5, 0.6) is 0 Å². The maximum absolute atomic E-state index is 12.4. The van der Waals surface area contributed by atoms with E-state index in [2.05, 4.69) is 26.3 Å². The molecular formula is C25H36O14. The first-order valence-corrected chi connectivity index (χ1v) is 11.3. The number of aliphatic hydroxyl groups is 4. The zero-order valence-corrected chi connectivity index (χ0v) is 22.4. The minimum atomic E-state index is -3.69. The fourth-order valence-electron chi connectivity index (χ4n) is 2.48. The van der Waals surface area contributed by atoms with Crippen molar-refractivity contribution in [3.63, 3.8) is 0 Å². The SMILES string of the molecule is C=C(C)C(=O)OCCOC(O)(OCCOC(=O)C(=C)C)C(CO)(CO)C(O)(OC(=O)C(=C)C)OC(=O)C(=C)C. The molecule has 0 bridgehead atoms. The predicted octanol–water partition coefficient (Wildman–Crippen LogP) is -0.240. The summed E-state index contributed by atoms with van der Waals surface area (Å²) in [4.78, 5) is 48.0. The third-order valence-electron chi connectivity index (χ3n) is 4.83. The van der Waals surface area contributed by atoms with Crippen molar-refractivity contribution in [2.45, 2.75) is 39.6 Å². The minimum absolute atomic E-state index is 0.0358. The van der Waals surface area contributed by atoms with E-state index >= 15 is 0 Å². The molecule has 0 amide bonds. The fraction of sp³-hybridized carbons (Fsp3) is 0.520. The van der Waals surface area contributed by atoms with E-state index in [1.165, 1.54) is 13.8 Å². The molecule has 220 valence electrons. The molecule has 0 aliphatic carbocycles. The minimum Gasteiger partial charge on any atom is -0.460 e. The largest absolute Gasteiger partial charge is 0.460 e. The highest BCUT2D eigenvalue weighted by Gasteiger charge is 2.71. The number of carbonyl (C=O) groups excluding carboxylic acids is 4. The highest BCUT2D eigenvalue weighted by Crippen LogP contribution is 2.45. The Hall–Kier alpha value is -3.40.